The molecular formula is C16H31N3O3. The van der Waals surface area contributed by atoms with Crippen molar-refractivity contribution < 1.29 is 14.7 Å². The van der Waals surface area contributed by atoms with E-state index >= 15 is 0 Å². The SMILES string of the molecule is CCCN(CCC)C(=O)CN1CCC(N(C)CC(=O)O)CC1. The van der Waals surface area contributed by atoms with E-state index in [1.54, 1.807) is 0 Å². The zero-order valence-corrected chi connectivity index (χ0v) is 14.3. The number of likely N-dealkylation sites (tertiary alicyclic amines) is 1. The number of carbonyl (C=O) groups is 2. The van der Waals surface area contributed by atoms with Crippen LogP contribution in [0.4, 0.5) is 0 Å². The predicted octanol–water partition coefficient (Wildman–Crippen LogP) is 1.12. The van der Waals surface area contributed by atoms with E-state index in [0.717, 1.165) is 51.9 Å². The van der Waals surface area contributed by atoms with E-state index in [9.17, 15) is 9.59 Å². The Labute approximate surface area is 134 Å². The first-order chi connectivity index (χ1) is 10.5. The first kappa shape index (κ1) is 18.9. The van der Waals surface area contributed by atoms with Gasteiger partial charge in [-0.05, 0) is 32.7 Å². The largest absolute Gasteiger partial charge is 0.480 e. The molecule has 1 amide bonds. The topological polar surface area (TPSA) is 64.1 Å². The van der Waals surface area contributed by atoms with Crippen molar-refractivity contribution in [3.8, 4) is 0 Å². The lowest BCUT2D eigenvalue weighted by molar-refractivity contribution is -0.138. The Balaban J connectivity index is 2.38. The Morgan fingerprint density at radius 2 is 1.68 bits per heavy atom. The van der Waals surface area contributed by atoms with E-state index in [0.29, 0.717) is 12.6 Å². The fraction of sp³-hybridized carbons (Fsp3) is 0.875. The van der Waals surface area contributed by atoms with Gasteiger partial charge in [0.1, 0.15) is 0 Å². The van der Waals surface area contributed by atoms with Crippen LogP contribution >= 0.6 is 0 Å². The second-order valence-corrected chi connectivity index (χ2v) is 6.20. The molecule has 0 unspecified atom stereocenters. The van der Waals surface area contributed by atoms with Crippen LogP contribution in [0.3, 0.4) is 0 Å². The summed E-state index contributed by atoms with van der Waals surface area (Å²) < 4.78 is 0. The van der Waals surface area contributed by atoms with Crippen LogP contribution in [0.1, 0.15) is 39.5 Å². The van der Waals surface area contributed by atoms with Gasteiger partial charge in [0.25, 0.3) is 0 Å². The summed E-state index contributed by atoms with van der Waals surface area (Å²) in [4.78, 5) is 29.2. The molecule has 0 aliphatic carbocycles. The molecule has 0 aromatic heterocycles. The van der Waals surface area contributed by atoms with Gasteiger partial charge in [0, 0.05) is 32.2 Å². The van der Waals surface area contributed by atoms with Crippen LogP contribution in [0.15, 0.2) is 0 Å². The molecule has 1 aliphatic rings. The maximum atomic E-state index is 12.3. The minimum absolute atomic E-state index is 0.0877. The fourth-order valence-corrected chi connectivity index (χ4v) is 3.05. The highest BCUT2D eigenvalue weighted by molar-refractivity contribution is 5.78. The molecule has 0 radical (unpaired) electrons. The summed E-state index contributed by atoms with van der Waals surface area (Å²) in [5.41, 5.74) is 0. The van der Waals surface area contributed by atoms with Crippen LogP contribution in [0, 0.1) is 0 Å². The third kappa shape index (κ3) is 6.32. The lowest BCUT2D eigenvalue weighted by Gasteiger charge is -2.36. The number of nitrogens with zero attached hydrogens (tertiary/aromatic N) is 3. The van der Waals surface area contributed by atoms with Crippen molar-refractivity contribution in [3.63, 3.8) is 0 Å². The molecular weight excluding hydrogens is 282 g/mol. The summed E-state index contributed by atoms with van der Waals surface area (Å²) in [5.74, 6) is -0.559. The fourth-order valence-electron chi connectivity index (χ4n) is 3.05. The molecule has 0 aromatic rings. The van der Waals surface area contributed by atoms with E-state index in [-0.39, 0.29) is 12.5 Å². The molecule has 0 spiro atoms. The number of amides is 1. The van der Waals surface area contributed by atoms with E-state index in [4.69, 9.17) is 5.11 Å². The van der Waals surface area contributed by atoms with Crippen LogP contribution in [-0.4, -0.2) is 84.0 Å². The van der Waals surface area contributed by atoms with Gasteiger partial charge in [-0.15, -0.1) is 0 Å². The maximum absolute atomic E-state index is 12.3. The second kappa shape index (κ2) is 9.79. The Morgan fingerprint density at radius 1 is 1.14 bits per heavy atom. The molecule has 0 saturated carbocycles. The highest BCUT2D eigenvalue weighted by Gasteiger charge is 2.25. The number of aliphatic carboxylic acids is 1. The highest BCUT2D eigenvalue weighted by atomic mass is 16.4. The smallest absolute Gasteiger partial charge is 0.317 e. The first-order valence-electron chi connectivity index (χ1n) is 8.40. The van der Waals surface area contributed by atoms with Crippen molar-refractivity contribution in [1.29, 1.82) is 0 Å². The number of hydrogen-bond acceptors (Lipinski definition) is 4. The summed E-state index contributed by atoms with van der Waals surface area (Å²) in [6, 6.07) is 0.310. The molecule has 6 nitrogen and oxygen atoms in total. The zero-order valence-electron chi connectivity index (χ0n) is 14.3. The van der Waals surface area contributed by atoms with Gasteiger partial charge >= 0.3 is 5.97 Å². The molecule has 6 heteroatoms. The highest BCUT2D eigenvalue weighted by Crippen LogP contribution is 2.15. The number of carbonyl (C=O) groups excluding carboxylic acids is 1. The van der Waals surface area contributed by atoms with Crippen LogP contribution in [0.2, 0.25) is 0 Å². The van der Waals surface area contributed by atoms with Gasteiger partial charge < -0.3 is 10.0 Å². The van der Waals surface area contributed by atoms with Gasteiger partial charge in [-0.3, -0.25) is 19.4 Å². The van der Waals surface area contributed by atoms with Crippen LogP contribution in [-0.2, 0) is 9.59 Å². The number of rotatable bonds is 9. The summed E-state index contributed by atoms with van der Waals surface area (Å²) in [7, 11) is 1.86. The first-order valence-corrected chi connectivity index (χ1v) is 8.40. The normalized spacial score (nSPS) is 16.9. The number of carboxylic acid groups (broad SMARTS) is 1. The third-order valence-corrected chi connectivity index (χ3v) is 4.26. The van der Waals surface area contributed by atoms with Crippen molar-refractivity contribution in [2.24, 2.45) is 0 Å². The molecule has 128 valence electrons. The van der Waals surface area contributed by atoms with Crippen molar-refractivity contribution in [2.75, 3.05) is 46.3 Å². The van der Waals surface area contributed by atoms with Gasteiger partial charge in [0.05, 0.1) is 13.1 Å². The van der Waals surface area contributed by atoms with Gasteiger partial charge in [0.2, 0.25) is 5.91 Å². The molecule has 0 atom stereocenters. The molecule has 1 fully saturated rings. The number of likely N-dealkylation sites (N-methyl/N-ethyl adjacent to an activating group) is 1. The van der Waals surface area contributed by atoms with E-state index in [1.165, 1.54) is 0 Å². The molecule has 0 bridgehead atoms. The Hall–Kier alpha value is -1.14. The number of piperidine rings is 1. The van der Waals surface area contributed by atoms with Crippen molar-refractivity contribution in [1.82, 2.24) is 14.7 Å². The summed E-state index contributed by atoms with van der Waals surface area (Å²) in [6.45, 7) is 8.19. The standard InChI is InChI=1S/C16H31N3O3/c1-4-8-19(9-5-2)15(20)12-18-10-6-14(7-11-18)17(3)13-16(21)22/h14H,4-13H2,1-3H3,(H,21,22). The van der Waals surface area contributed by atoms with Crippen molar-refractivity contribution in [3.05, 3.63) is 0 Å². The van der Waals surface area contributed by atoms with Crippen LogP contribution in [0.25, 0.3) is 0 Å². The van der Waals surface area contributed by atoms with Crippen molar-refractivity contribution >= 4 is 11.9 Å². The molecule has 1 N–H and O–H groups in total. The maximum Gasteiger partial charge on any atom is 0.317 e. The minimum atomic E-state index is -0.783. The molecule has 1 aliphatic heterocycles. The van der Waals surface area contributed by atoms with Crippen LogP contribution in [0.5, 0.6) is 0 Å². The average Bonchev–Trinajstić information content (AvgIpc) is 2.47. The Kier molecular flexibility index (Phi) is 8.42. The lowest BCUT2D eigenvalue weighted by Crippen LogP contribution is -2.48. The van der Waals surface area contributed by atoms with Crippen molar-refractivity contribution in [2.45, 2.75) is 45.6 Å². The van der Waals surface area contributed by atoms with Gasteiger partial charge in [-0.1, -0.05) is 13.8 Å². The van der Waals surface area contributed by atoms with E-state index in [1.807, 2.05) is 16.8 Å². The van der Waals surface area contributed by atoms with Gasteiger partial charge in [-0.2, -0.15) is 0 Å². The Morgan fingerprint density at radius 3 is 2.14 bits per heavy atom. The van der Waals surface area contributed by atoms with E-state index < -0.39 is 5.97 Å². The summed E-state index contributed by atoms with van der Waals surface area (Å²) in [5, 5.41) is 8.85. The molecule has 1 saturated heterocycles. The minimum Gasteiger partial charge on any atom is -0.480 e. The average molecular weight is 313 g/mol. The molecule has 22 heavy (non-hydrogen) atoms. The number of hydrogen-bond donors (Lipinski definition) is 1. The predicted molar refractivity (Wildman–Crippen MR) is 86.9 cm³/mol. The third-order valence-electron chi connectivity index (χ3n) is 4.26. The number of carboxylic acids is 1. The summed E-state index contributed by atoms with van der Waals surface area (Å²) >= 11 is 0. The summed E-state index contributed by atoms with van der Waals surface area (Å²) in [6.07, 6.45) is 3.85. The molecule has 0 aromatic carbocycles. The second-order valence-electron chi connectivity index (χ2n) is 6.20. The molecule has 1 heterocycles. The van der Waals surface area contributed by atoms with E-state index in [2.05, 4.69) is 18.7 Å². The van der Waals surface area contributed by atoms with Gasteiger partial charge in [0.15, 0.2) is 0 Å². The quantitative estimate of drug-likeness (QED) is 0.691. The van der Waals surface area contributed by atoms with Gasteiger partial charge in [-0.25, -0.2) is 0 Å². The Bertz CT molecular complexity index is 349. The zero-order chi connectivity index (χ0) is 16.5. The monoisotopic (exact) mass is 313 g/mol. The lowest BCUT2D eigenvalue weighted by atomic mass is 10.0. The van der Waals surface area contributed by atoms with Crippen LogP contribution < -0.4 is 0 Å². The molecule has 1 rings (SSSR count).